The van der Waals surface area contributed by atoms with Crippen LogP contribution in [0.15, 0.2) is 0 Å². The molecule has 1 saturated heterocycles. The molecule has 0 saturated carbocycles. The van der Waals surface area contributed by atoms with Crippen LogP contribution in [0.25, 0.3) is 0 Å². The number of aliphatic hydroxyl groups excluding tert-OH is 1. The molecule has 1 unspecified atom stereocenters. The molecule has 0 aromatic rings. The van der Waals surface area contributed by atoms with Gasteiger partial charge in [-0.15, -0.1) is 0 Å². The Hall–Kier alpha value is -0.610. The predicted molar refractivity (Wildman–Crippen MR) is 50.1 cm³/mol. The normalized spacial score (nSPS) is 29.0. The third-order valence-electron chi connectivity index (χ3n) is 2.58. The van der Waals surface area contributed by atoms with Crippen molar-refractivity contribution in [3.05, 3.63) is 0 Å². The smallest absolute Gasteiger partial charge is 0.222 e. The minimum Gasteiger partial charge on any atom is -0.394 e. The zero-order valence-corrected chi connectivity index (χ0v) is 8.12. The molecule has 0 radical (unpaired) electrons. The van der Waals surface area contributed by atoms with E-state index in [0.29, 0.717) is 13.0 Å². The summed E-state index contributed by atoms with van der Waals surface area (Å²) in [6.07, 6.45) is 2.21. The van der Waals surface area contributed by atoms with Crippen LogP contribution in [0, 0.1) is 0 Å². The number of nitrogens with two attached hydrogens (primary N) is 1. The summed E-state index contributed by atoms with van der Waals surface area (Å²) in [5.41, 5.74) is 5.33. The van der Waals surface area contributed by atoms with E-state index in [9.17, 15) is 4.79 Å². The quantitative estimate of drug-likeness (QED) is 0.622. The Morgan fingerprint density at radius 1 is 1.69 bits per heavy atom. The fourth-order valence-corrected chi connectivity index (χ4v) is 1.73. The number of nitrogens with zero attached hydrogens (tertiary/aromatic N) is 1. The summed E-state index contributed by atoms with van der Waals surface area (Å²) in [7, 11) is 0. The summed E-state index contributed by atoms with van der Waals surface area (Å²) >= 11 is 0. The van der Waals surface area contributed by atoms with Crippen LogP contribution in [0.3, 0.4) is 0 Å². The van der Waals surface area contributed by atoms with Crippen LogP contribution >= 0.6 is 0 Å². The van der Waals surface area contributed by atoms with Crippen molar-refractivity contribution in [1.29, 1.82) is 0 Å². The van der Waals surface area contributed by atoms with Gasteiger partial charge in [0.25, 0.3) is 0 Å². The van der Waals surface area contributed by atoms with E-state index in [-0.39, 0.29) is 12.5 Å². The minimum absolute atomic E-state index is 0.0412. The Kier molecular flexibility index (Phi) is 3.27. The van der Waals surface area contributed by atoms with Crippen LogP contribution in [0.1, 0.15) is 26.2 Å². The molecule has 0 bridgehead atoms. The van der Waals surface area contributed by atoms with Gasteiger partial charge >= 0.3 is 0 Å². The van der Waals surface area contributed by atoms with Crippen LogP contribution in [0.5, 0.6) is 0 Å². The first kappa shape index (κ1) is 10.5. The Balaban J connectivity index is 2.56. The van der Waals surface area contributed by atoms with Gasteiger partial charge in [0.15, 0.2) is 0 Å². The average molecular weight is 186 g/mol. The molecule has 1 aliphatic rings. The molecule has 1 rings (SSSR count). The molecule has 3 N–H and O–H groups in total. The van der Waals surface area contributed by atoms with Crippen molar-refractivity contribution in [2.24, 2.45) is 5.73 Å². The number of carbonyl (C=O) groups is 1. The van der Waals surface area contributed by atoms with Gasteiger partial charge in [-0.05, 0) is 12.8 Å². The highest BCUT2D eigenvalue weighted by Gasteiger charge is 2.32. The molecule has 4 nitrogen and oxygen atoms in total. The van der Waals surface area contributed by atoms with Crippen LogP contribution in [-0.2, 0) is 4.79 Å². The fourth-order valence-electron chi connectivity index (χ4n) is 1.73. The van der Waals surface area contributed by atoms with Crippen molar-refractivity contribution < 1.29 is 9.90 Å². The molecule has 1 atom stereocenters. The lowest BCUT2D eigenvalue weighted by molar-refractivity contribution is -0.133. The molecule has 0 spiro atoms. The number of aliphatic hydroxyl groups is 1. The highest BCUT2D eigenvalue weighted by molar-refractivity contribution is 5.76. The van der Waals surface area contributed by atoms with Crippen molar-refractivity contribution in [1.82, 2.24) is 4.90 Å². The summed E-state index contributed by atoms with van der Waals surface area (Å²) in [5.74, 6) is 0.128. The van der Waals surface area contributed by atoms with Crippen LogP contribution < -0.4 is 5.73 Å². The van der Waals surface area contributed by atoms with Gasteiger partial charge in [0.05, 0.1) is 12.1 Å². The SMILES string of the molecule is CCC(=O)N1CCCC(N)(CO)C1. The van der Waals surface area contributed by atoms with Crippen LogP contribution in [-0.4, -0.2) is 41.1 Å². The standard InChI is InChI=1S/C9H18N2O2/c1-2-8(13)11-5-3-4-9(10,6-11)7-12/h12H,2-7,10H2,1H3. The van der Waals surface area contributed by atoms with Gasteiger partial charge in [0.1, 0.15) is 0 Å². The van der Waals surface area contributed by atoms with E-state index in [1.165, 1.54) is 0 Å². The third kappa shape index (κ3) is 2.42. The highest BCUT2D eigenvalue weighted by atomic mass is 16.3. The van der Waals surface area contributed by atoms with E-state index in [0.717, 1.165) is 19.4 Å². The van der Waals surface area contributed by atoms with E-state index in [1.807, 2.05) is 6.92 Å². The van der Waals surface area contributed by atoms with Crippen LogP contribution in [0.4, 0.5) is 0 Å². The number of amides is 1. The second-order valence-corrected chi connectivity index (χ2v) is 3.79. The maximum atomic E-state index is 11.4. The van der Waals surface area contributed by atoms with Gasteiger partial charge in [-0.3, -0.25) is 4.79 Å². The fraction of sp³-hybridized carbons (Fsp3) is 0.889. The van der Waals surface area contributed by atoms with E-state index >= 15 is 0 Å². The van der Waals surface area contributed by atoms with Gasteiger partial charge < -0.3 is 15.7 Å². The lowest BCUT2D eigenvalue weighted by atomic mass is 9.91. The second-order valence-electron chi connectivity index (χ2n) is 3.79. The molecule has 0 aromatic carbocycles. The Labute approximate surface area is 78.7 Å². The van der Waals surface area contributed by atoms with E-state index < -0.39 is 5.54 Å². The zero-order chi connectivity index (χ0) is 9.90. The van der Waals surface area contributed by atoms with E-state index in [4.69, 9.17) is 10.8 Å². The first-order valence-corrected chi connectivity index (χ1v) is 4.79. The van der Waals surface area contributed by atoms with Crippen LogP contribution in [0.2, 0.25) is 0 Å². The maximum absolute atomic E-state index is 11.4. The maximum Gasteiger partial charge on any atom is 0.222 e. The number of piperidine rings is 1. The summed E-state index contributed by atoms with van der Waals surface area (Å²) in [5, 5.41) is 9.06. The average Bonchev–Trinajstić information content (AvgIpc) is 2.17. The van der Waals surface area contributed by atoms with Crippen molar-refractivity contribution >= 4 is 5.91 Å². The van der Waals surface area contributed by atoms with Gasteiger partial charge in [-0.25, -0.2) is 0 Å². The molecule has 76 valence electrons. The summed E-state index contributed by atoms with van der Waals surface area (Å²) in [6, 6.07) is 0. The molecule has 4 heteroatoms. The molecule has 0 aliphatic carbocycles. The molecule has 0 aromatic heterocycles. The third-order valence-corrected chi connectivity index (χ3v) is 2.58. The summed E-state index contributed by atoms with van der Waals surface area (Å²) in [4.78, 5) is 13.1. The summed E-state index contributed by atoms with van der Waals surface area (Å²) < 4.78 is 0. The van der Waals surface area contributed by atoms with Crippen molar-refractivity contribution in [3.63, 3.8) is 0 Å². The van der Waals surface area contributed by atoms with Crippen molar-refractivity contribution in [2.45, 2.75) is 31.7 Å². The molecule has 1 heterocycles. The number of hydrogen-bond acceptors (Lipinski definition) is 3. The van der Waals surface area contributed by atoms with E-state index in [2.05, 4.69) is 0 Å². The first-order chi connectivity index (χ1) is 6.11. The second kappa shape index (κ2) is 4.07. The first-order valence-electron chi connectivity index (χ1n) is 4.79. The number of hydrogen-bond donors (Lipinski definition) is 2. The monoisotopic (exact) mass is 186 g/mol. The molecule has 13 heavy (non-hydrogen) atoms. The Morgan fingerprint density at radius 3 is 2.92 bits per heavy atom. The minimum atomic E-state index is -0.566. The molecule has 1 amide bonds. The highest BCUT2D eigenvalue weighted by Crippen LogP contribution is 2.18. The van der Waals surface area contributed by atoms with Gasteiger partial charge in [-0.2, -0.15) is 0 Å². The topological polar surface area (TPSA) is 66.6 Å². The number of rotatable bonds is 2. The number of likely N-dealkylation sites (tertiary alicyclic amines) is 1. The molecule has 1 aliphatic heterocycles. The molecular weight excluding hydrogens is 168 g/mol. The largest absolute Gasteiger partial charge is 0.394 e. The van der Waals surface area contributed by atoms with Gasteiger partial charge in [0.2, 0.25) is 5.91 Å². The van der Waals surface area contributed by atoms with Gasteiger partial charge in [-0.1, -0.05) is 6.92 Å². The predicted octanol–water partition coefficient (Wildman–Crippen LogP) is -0.291. The lowest BCUT2D eigenvalue weighted by Gasteiger charge is -2.39. The summed E-state index contributed by atoms with van der Waals surface area (Å²) in [6.45, 7) is 3.08. The number of carbonyl (C=O) groups excluding carboxylic acids is 1. The zero-order valence-electron chi connectivity index (χ0n) is 8.12. The van der Waals surface area contributed by atoms with E-state index in [1.54, 1.807) is 4.90 Å². The molecule has 1 fully saturated rings. The Morgan fingerprint density at radius 2 is 2.38 bits per heavy atom. The lowest BCUT2D eigenvalue weighted by Crippen LogP contribution is -2.57. The Bertz CT molecular complexity index is 196. The molecular formula is C9H18N2O2. The van der Waals surface area contributed by atoms with Crippen molar-refractivity contribution in [3.8, 4) is 0 Å². The van der Waals surface area contributed by atoms with Gasteiger partial charge in [0, 0.05) is 19.5 Å². The van der Waals surface area contributed by atoms with Crippen molar-refractivity contribution in [2.75, 3.05) is 19.7 Å².